The van der Waals surface area contributed by atoms with Crippen molar-refractivity contribution in [2.24, 2.45) is 0 Å². The first-order valence-corrected chi connectivity index (χ1v) is 11.9. The highest BCUT2D eigenvalue weighted by molar-refractivity contribution is 7.99. The summed E-state index contributed by atoms with van der Waals surface area (Å²) in [5, 5.41) is 17.2. The van der Waals surface area contributed by atoms with E-state index in [9.17, 15) is 4.79 Å². The van der Waals surface area contributed by atoms with Crippen molar-refractivity contribution >= 4 is 23.4 Å². The molecule has 168 valence electrons. The van der Waals surface area contributed by atoms with Gasteiger partial charge in [-0.1, -0.05) is 29.5 Å². The number of nitrogens with one attached hydrogen (secondary N) is 1. The van der Waals surface area contributed by atoms with Crippen molar-refractivity contribution in [3.8, 4) is 17.1 Å². The number of anilines is 1. The summed E-state index contributed by atoms with van der Waals surface area (Å²) in [5.41, 5.74) is 5.53. The molecule has 9 heteroatoms. The summed E-state index contributed by atoms with van der Waals surface area (Å²) in [6.45, 7) is 5.93. The molecule has 0 radical (unpaired) electrons. The second kappa shape index (κ2) is 8.82. The number of thioether (sulfide) groups is 1. The number of rotatable bonds is 7. The van der Waals surface area contributed by atoms with Gasteiger partial charge < -0.3 is 5.32 Å². The van der Waals surface area contributed by atoms with Crippen LogP contribution in [-0.2, 0) is 4.79 Å². The monoisotopic (exact) mass is 459 g/mol. The molecular weight excluding hydrogens is 434 g/mol. The maximum Gasteiger partial charge on any atom is 0.234 e. The van der Waals surface area contributed by atoms with Gasteiger partial charge in [-0.2, -0.15) is 5.10 Å². The zero-order chi connectivity index (χ0) is 22.9. The Kier molecular flexibility index (Phi) is 5.72. The van der Waals surface area contributed by atoms with Crippen molar-refractivity contribution in [2.45, 2.75) is 44.8 Å². The highest BCUT2D eigenvalue weighted by Crippen LogP contribution is 2.41. The Labute approximate surface area is 196 Å². The first-order valence-electron chi connectivity index (χ1n) is 10.9. The fourth-order valence-electron chi connectivity index (χ4n) is 3.80. The fourth-order valence-corrected chi connectivity index (χ4v) is 4.60. The number of hydrogen-bond donors (Lipinski definition) is 1. The van der Waals surface area contributed by atoms with E-state index in [1.807, 2.05) is 42.8 Å². The van der Waals surface area contributed by atoms with E-state index in [1.165, 1.54) is 17.3 Å². The molecule has 1 aliphatic carbocycles. The molecule has 1 amide bonds. The summed E-state index contributed by atoms with van der Waals surface area (Å²) in [5.74, 6) is 0.953. The van der Waals surface area contributed by atoms with Crippen LogP contribution in [0.2, 0.25) is 0 Å². The van der Waals surface area contributed by atoms with Gasteiger partial charge in [-0.25, -0.2) is 4.68 Å². The predicted octanol–water partition coefficient (Wildman–Crippen LogP) is 4.52. The lowest BCUT2D eigenvalue weighted by molar-refractivity contribution is -0.113. The number of aromatic nitrogens is 6. The molecule has 0 atom stereocenters. The third-order valence-corrected chi connectivity index (χ3v) is 6.61. The Morgan fingerprint density at radius 3 is 2.61 bits per heavy atom. The molecule has 3 aromatic heterocycles. The van der Waals surface area contributed by atoms with Gasteiger partial charge in [0, 0.05) is 24.0 Å². The molecule has 1 fully saturated rings. The van der Waals surface area contributed by atoms with Crippen LogP contribution >= 0.6 is 11.8 Å². The smallest absolute Gasteiger partial charge is 0.234 e. The fraction of sp³-hybridized carbons (Fsp3) is 0.292. The van der Waals surface area contributed by atoms with E-state index in [1.54, 1.807) is 12.4 Å². The van der Waals surface area contributed by atoms with Crippen LogP contribution in [0.15, 0.2) is 53.9 Å². The lowest BCUT2D eigenvalue weighted by Gasteiger charge is -2.09. The largest absolute Gasteiger partial charge is 0.322 e. The summed E-state index contributed by atoms with van der Waals surface area (Å²) in [7, 11) is 0. The van der Waals surface area contributed by atoms with E-state index < -0.39 is 0 Å². The van der Waals surface area contributed by atoms with Crippen molar-refractivity contribution in [2.75, 3.05) is 11.1 Å². The number of hydrogen-bond acceptors (Lipinski definition) is 6. The second-order valence-electron chi connectivity index (χ2n) is 8.28. The number of nitrogens with zero attached hydrogens (tertiary/aromatic N) is 6. The summed E-state index contributed by atoms with van der Waals surface area (Å²) < 4.78 is 4.00. The molecule has 0 unspecified atom stereocenters. The van der Waals surface area contributed by atoms with Gasteiger partial charge in [0.25, 0.3) is 0 Å². The zero-order valence-electron chi connectivity index (χ0n) is 18.8. The zero-order valence-corrected chi connectivity index (χ0v) is 19.6. The normalized spacial score (nSPS) is 13.3. The number of benzene rings is 1. The predicted molar refractivity (Wildman–Crippen MR) is 129 cm³/mol. The summed E-state index contributed by atoms with van der Waals surface area (Å²) in [6.07, 6.45) is 5.73. The third-order valence-electron chi connectivity index (χ3n) is 5.66. The lowest BCUT2D eigenvalue weighted by atomic mass is 10.2. The summed E-state index contributed by atoms with van der Waals surface area (Å²) in [6, 6.07) is 12.4. The van der Waals surface area contributed by atoms with Gasteiger partial charge in [0.1, 0.15) is 0 Å². The molecule has 33 heavy (non-hydrogen) atoms. The first-order chi connectivity index (χ1) is 16.0. The van der Waals surface area contributed by atoms with Crippen molar-refractivity contribution in [3.05, 3.63) is 65.7 Å². The number of pyridine rings is 1. The highest BCUT2D eigenvalue weighted by Gasteiger charge is 2.30. The van der Waals surface area contributed by atoms with E-state index in [4.69, 9.17) is 0 Å². The van der Waals surface area contributed by atoms with E-state index in [2.05, 4.69) is 49.2 Å². The maximum absolute atomic E-state index is 12.8. The molecule has 0 bridgehead atoms. The van der Waals surface area contributed by atoms with Crippen LogP contribution in [0.1, 0.15) is 35.8 Å². The van der Waals surface area contributed by atoms with Crippen molar-refractivity contribution in [3.63, 3.8) is 0 Å². The van der Waals surface area contributed by atoms with Gasteiger partial charge in [0.2, 0.25) is 5.91 Å². The van der Waals surface area contributed by atoms with Gasteiger partial charge in [0.05, 0.1) is 28.5 Å². The molecule has 8 nitrogen and oxygen atoms in total. The second-order valence-corrected chi connectivity index (χ2v) is 9.22. The third kappa shape index (κ3) is 4.41. The van der Waals surface area contributed by atoms with Crippen LogP contribution in [0.3, 0.4) is 0 Å². The number of amides is 1. The minimum absolute atomic E-state index is 0.0945. The molecule has 0 spiro atoms. The van der Waals surface area contributed by atoms with Crippen LogP contribution in [0.4, 0.5) is 5.69 Å². The Morgan fingerprint density at radius 1 is 1.12 bits per heavy atom. The maximum atomic E-state index is 12.8. The van der Waals surface area contributed by atoms with Crippen molar-refractivity contribution in [1.82, 2.24) is 29.5 Å². The molecule has 1 N–H and O–H groups in total. The standard InChI is InChI=1S/C24H25N7OS/c1-15-6-8-20(9-7-15)31-17(3)22(16(2)29-31)26-21(32)14-33-24-28-27-23(30(24)19-10-11-19)18-5-4-12-25-13-18/h4-9,12-13,19H,10-11,14H2,1-3H3,(H,26,32). The Hall–Kier alpha value is -3.46. The average molecular weight is 460 g/mol. The van der Waals surface area contributed by atoms with Gasteiger partial charge >= 0.3 is 0 Å². The van der Waals surface area contributed by atoms with Crippen LogP contribution in [0, 0.1) is 20.8 Å². The van der Waals surface area contributed by atoms with Gasteiger partial charge in [-0.15, -0.1) is 10.2 Å². The molecule has 0 aliphatic heterocycles. The molecule has 1 aromatic carbocycles. The summed E-state index contributed by atoms with van der Waals surface area (Å²) >= 11 is 1.40. The number of carbonyl (C=O) groups excluding carboxylic acids is 1. The molecular formula is C24H25N7OS. The number of aryl methyl sites for hydroxylation is 2. The van der Waals surface area contributed by atoms with Crippen LogP contribution in [0.5, 0.6) is 0 Å². The van der Waals surface area contributed by atoms with Gasteiger partial charge in [0.15, 0.2) is 11.0 Å². The molecule has 1 saturated carbocycles. The highest BCUT2D eigenvalue weighted by atomic mass is 32.2. The Morgan fingerprint density at radius 2 is 1.91 bits per heavy atom. The van der Waals surface area contributed by atoms with E-state index >= 15 is 0 Å². The minimum atomic E-state index is -0.0945. The molecule has 3 heterocycles. The molecule has 4 aromatic rings. The average Bonchev–Trinajstić information content (AvgIpc) is 3.52. The Bertz CT molecular complexity index is 1290. The van der Waals surface area contributed by atoms with E-state index in [0.29, 0.717) is 6.04 Å². The van der Waals surface area contributed by atoms with Crippen LogP contribution < -0.4 is 5.32 Å². The molecule has 5 rings (SSSR count). The topological polar surface area (TPSA) is 90.5 Å². The van der Waals surface area contributed by atoms with Crippen LogP contribution in [0.25, 0.3) is 17.1 Å². The number of carbonyl (C=O) groups is 1. The molecule has 1 aliphatic rings. The lowest BCUT2D eigenvalue weighted by Crippen LogP contribution is -2.16. The van der Waals surface area contributed by atoms with Crippen LogP contribution in [-0.4, -0.2) is 41.2 Å². The molecule has 0 saturated heterocycles. The van der Waals surface area contributed by atoms with E-state index in [0.717, 1.165) is 52.1 Å². The van der Waals surface area contributed by atoms with Gasteiger partial charge in [-0.05, 0) is 57.9 Å². The first kappa shape index (κ1) is 21.4. The minimum Gasteiger partial charge on any atom is -0.322 e. The quantitative estimate of drug-likeness (QED) is 0.409. The van der Waals surface area contributed by atoms with E-state index in [-0.39, 0.29) is 11.7 Å². The van der Waals surface area contributed by atoms with Crippen molar-refractivity contribution in [1.29, 1.82) is 0 Å². The van der Waals surface area contributed by atoms with Crippen molar-refractivity contribution < 1.29 is 4.79 Å². The van der Waals surface area contributed by atoms with Gasteiger partial charge in [-0.3, -0.25) is 14.3 Å². The Balaban J connectivity index is 1.30. The SMILES string of the molecule is Cc1ccc(-n2nc(C)c(NC(=O)CSc3nnc(-c4cccnc4)n3C3CC3)c2C)cc1. The summed E-state index contributed by atoms with van der Waals surface area (Å²) in [4.78, 5) is 17.0.